The molecule has 3 rings (SSSR count). The molecule has 1 aromatic carbocycles. The summed E-state index contributed by atoms with van der Waals surface area (Å²) in [6.07, 6.45) is 0.504. The predicted molar refractivity (Wildman–Crippen MR) is 113 cm³/mol. The lowest BCUT2D eigenvalue weighted by molar-refractivity contribution is -0.116. The fourth-order valence-corrected chi connectivity index (χ4v) is 3.31. The lowest BCUT2D eigenvalue weighted by Gasteiger charge is -2.09. The van der Waals surface area contributed by atoms with Crippen molar-refractivity contribution >= 4 is 22.9 Å². The van der Waals surface area contributed by atoms with Gasteiger partial charge in [-0.25, -0.2) is 4.68 Å². The third kappa shape index (κ3) is 5.19. The van der Waals surface area contributed by atoms with Crippen LogP contribution in [0.1, 0.15) is 34.1 Å². The second-order valence-corrected chi connectivity index (χ2v) is 8.45. The highest BCUT2D eigenvalue weighted by Crippen LogP contribution is 2.28. The third-order valence-electron chi connectivity index (χ3n) is 3.86. The van der Waals surface area contributed by atoms with E-state index in [1.807, 2.05) is 55.6 Å². The molecule has 0 aliphatic heterocycles. The van der Waals surface area contributed by atoms with Gasteiger partial charge >= 0.3 is 6.01 Å². The Morgan fingerprint density at radius 3 is 2.50 bits per heavy atom. The molecule has 28 heavy (non-hydrogen) atoms. The molecule has 6 nitrogen and oxygen atoms in total. The summed E-state index contributed by atoms with van der Waals surface area (Å²) in [5, 5.41) is 9.48. The van der Waals surface area contributed by atoms with E-state index in [0.717, 1.165) is 22.1 Å². The first-order valence-corrected chi connectivity index (χ1v) is 10.3. The van der Waals surface area contributed by atoms with Gasteiger partial charge in [-0.1, -0.05) is 33.8 Å². The largest absolute Gasteiger partial charge is 0.462 e. The van der Waals surface area contributed by atoms with Gasteiger partial charge in [0.15, 0.2) is 5.82 Å². The molecule has 2 aromatic heterocycles. The molecule has 7 heteroatoms. The molecule has 0 aliphatic rings. The van der Waals surface area contributed by atoms with E-state index in [4.69, 9.17) is 4.74 Å². The number of rotatable bonds is 8. The van der Waals surface area contributed by atoms with Gasteiger partial charge in [-0.15, -0.1) is 16.4 Å². The van der Waals surface area contributed by atoms with E-state index in [2.05, 4.69) is 29.2 Å². The standard InChI is InChI=1S/C21H26N4O2S/c1-14(2)12-19(26)22-16-7-9-17(10-8-16)25-20(18-6-5-11-28-18)23-21(24-25)27-13-15(3)4/h5-11,14-15H,12-13H2,1-4H3,(H,22,26). The average molecular weight is 399 g/mol. The second kappa shape index (κ2) is 9.01. The maximum absolute atomic E-state index is 12.0. The van der Waals surface area contributed by atoms with Crippen LogP contribution in [0.4, 0.5) is 5.69 Å². The summed E-state index contributed by atoms with van der Waals surface area (Å²) < 4.78 is 7.51. The van der Waals surface area contributed by atoms with E-state index >= 15 is 0 Å². The number of anilines is 1. The molecule has 148 valence electrons. The first kappa shape index (κ1) is 20.1. The summed E-state index contributed by atoms with van der Waals surface area (Å²) in [4.78, 5) is 17.6. The third-order valence-corrected chi connectivity index (χ3v) is 4.73. The zero-order chi connectivity index (χ0) is 20.1. The molecule has 1 N–H and O–H groups in total. The lowest BCUT2D eigenvalue weighted by atomic mass is 10.1. The first-order chi connectivity index (χ1) is 13.4. The molecule has 0 aliphatic carbocycles. The first-order valence-electron chi connectivity index (χ1n) is 9.46. The summed E-state index contributed by atoms with van der Waals surface area (Å²) in [6.45, 7) is 8.79. The number of amides is 1. The Labute approximate surface area is 169 Å². The molecular weight excluding hydrogens is 372 g/mol. The molecule has 0 bridgehead atoms. The van der Waals surface area contributed by atoms with Crippen LogP contribution in [0.25, 0.3) is 16.4 Å². The highest BCUT2D eigenvalue weighted by molar-refractivity contribution is 7.13. The molecule has 0 fully saturated rings. The second-order valence-electron chi connectivity index (χ2n) is 7.50. The Hall–Kier alpha value is -2.67. The predicted octanol–water partition coefficient (Wildman–Crippen LogP) is 5.02. The molecule has 0 radical (unpaired) electrons. The van der Waals surface area contributed by atoms with Gasteiger partial charge < -0.3 is 10.1 Å². The molecular formula is C21H26N4O2S. The van der Waals surface area contributed by atoms with E-state index in [1.165, 1.54) is 0 Å². The highest BCUT2D eigenvalue weighted by Gasteiger charge is 2.16. The van der Waals surface area contributed by atoms with Crippen LogP contribution in [0.2, 0.25) is 0 Å². The minimum Gasteiger partial charge on any atom is -0.462 e. The molecule has 2 heterocycles. The van der Waals surface area contributed by atoms with Gasteiger partial charge in [0, 0.05) is 12.1 Å². The van der Waals surface area contributed by atoms with Crippen LogP contribution in [0.15, 0.2) is 41.8 Å². The number of aromatic nitrogens is 3. The van der Waals surface area contributed by atoms with E-state index in [-0.39, 0.29) is 5.91 Å². The number of hydrogen-bond donors (Lipinski definition) is 1. The van der Waals surface area contributed by atoms with Crippen LogP contribution in [0.5, 0.6) is 6.01 Å². The molecule has 3 aromatic rings. The monoisotopic (exact) mass is 398 g/mol. The number of nitrogens with one attached hydrogen (secondary N) is 1. The van der Waals surface area contributed by atoms with Crippen molar-refractivity contribution in [3.05, 3.63) is 41.8 Å². The number of thiophene rings is 1. The summed E-state index contributed by atoms with van der Waals surface area (Å²) in [5.74, 6) is 1.48. The van der Waals surface area contributed by atoms with Crippen molar-refractivity contribution in [3.8, 4) is 22.4 Å². The zero-order valence-electron chi connectivity index (χ0n) is 16.7. The van der Waals surface area contributed by atoms with Crippen molar-refractivity contribution in [1.29, 1.82) is 0 Å². The van der Waals surface area contributed by atoms with Crippen LogP contribution in [-0.4, -0.2) is 27.3 Å². The van der Waals surface area contributed by atoms with Gasteiger partial charge in [0.05, 0.1) is 17.2 Å². The van der Waals surface area contributed by atoms with Crippen molar-refractivity contribution in [1.82, 2.24) is 14.8 Å². The maximum atomic E-state index is 12.0. The molecule has 0 spiro atoms. The van der Waals surface area contributed by atoms with Gasteiger partial charge in [0.25, 0.3) is 0 Å². The van der Waals surface area contributed by atoms with Crippen LogP contribution in [0.3, 0.4) is 0 Å². The van der Waals surface area contributed by atoms with Crippen molar-refractivity contribution in [2.75, 3.05) is 11.9 Å². The van der Waals surface area contributed by atoms with E-state index in [1.54, 1.807) is 16.0 Å². The zero-order valence-corrected chi connectivity index (χ0v) is 17.5. The van der Waals surface area contributed by atoms with Crippen LogP contribution in [0, 0.1) is 11.8 Å². The smallest absolute Gasteiger partial charge is 0.336 e. The minimum atomic E-state index is 0.0205. The minimum absolute atomic E-state index is 0.0205. The van der Waals surface area contributed by atoms with Gasteiger partial charge in [-0.05, 0) is 47.5 Å². The van der Waals surface area contributed by atoms with Crippen molar-refractivity contribution < 1.29 is 9.53 Å². The summed E-state index contributed by atoms with van der Waals surface area (Å²) in [5.41, 5.74) is 1.63. The quantitative estimate of drug-likeness (QED) is 0.579. The molecule has 0 atom stereocenters. The number of nitrogens with zero attached hydrogens (tertiary/aromatic N) is 3. The van der Waals surface area contributed by atoms with E-state index < -0.39 is 0 Å². The highest BCUT2D eigenvalue weighted by atomic mass is 32.1. The topological polar surface area (TPSA) is 69.0 Å². The van der Waals surface area contributed by atoms with Gasteiger partial charge in [0.1, 0.15) is 0 Å². The SMILES string of the molecule is CC(C)COc1nc(-c2cccs2)n(-c2ccc(NC(=O)CC(C)C)cc2)n1. The Balaban J connectivity index is 1.84. The van der Waals surface area contributed by atoms with Crippen molar-refractivity contribution in [3.63, 3.8) is 0 Å². The number of benzene rings is 1. The van der Waals surface area contributed by atoms with Crippen LogP contribution < -0.4 is 10.1 Å². The van der Waals surface area contributed by atoms with Gasteiger partial charge in [0.2, 0.25) is 5.91 Å². The summed E-state index contributed by atoms with van der Waals surface area (Å²) in [7, 11) is 0. The number of ether oxygens (including phenoxy) is 1. The van der Waals surface area contributed by atoms with Gasteiger partial charge in [-0.3, -0.25) is 4.79 Å². The molecule has 0 saturated heterocycles. The van der Waals surface area contributed by atoms with E-state index in [0.29, 0.717) is 30.9 Å². The lowest BCUT2D eigenvalue weighted by Crippen LogP contribution is -2.13. The van der Waals surface area contributed by atoms with Crippen molar-refractivity contribution in [2.24, 2.45) is 11.8 Å². The van der Waals surface area contributed by atoms with Crippen LogP contribution in [-0.2, 0) is 4.79 Å². The number of carbonyl (C=O) groups is 1. The molecule has 1 amide bonds. The summed E-state index contributed by atoms with van der Waals surface area (Å²) >= 11 is 1.60. The Bertz CT molecular complexity index is 899. The van der Waals surface area contributed by atoms with Crippen LogP contribution >= 0.6 is 11.3 Å². The maximum Gasteiger partial charge on any atom is 0.336 e. The number of carbonyl (C=O) groups excluding carboxylic acids is 1. The Morgan fingerprint density at radius 2 is 1.89 bits per heavy atom. The fourth-order valence-electron chi connectivity index (χ4n) is 2.61. The average Bonchev–Trinajstić information content (AvgIpc) is 3.29. The molecule has 0 unspecified atom stereocenters. The van der Waals surface area contributed by atoms with Gasteiger partial charge in [-0.2, -0.15) is 4.98 Å². The van der Waals surface area contributed by atoms with Crippen molar-refractivity contribution in [2.45, 2.75) is 34.1 Å². The summed E-state index contributed by atoms with van der Waals surface area (Å²) in [6, 6.07) is 12.0. The fraction of sp³-hybridized carbons (Fsp3) is 0.381. The Morgan fingerprint density at radius 1 is 1.14 bits per heavy atom. The number of hydrogen-bond acceptors (Lipinski definition) is 5. The van der Waals surface area contributed by atoms with E-state index in [9.17, 15) is 4.79 Å². The molecule has 0 saturated carbocycles. The normalized spacial score (nSPS) is 11.2. The Kier molecular flexibility index (Phi) is 6.46.